The van der Waals surface area contributed by atoms with E-state index < -0.39 is 22.9 Å². The van der Waals surface area contributed by atoms with Gasteiger partial charge in [0.15, 0.2) is 0 Å². The lowest BCUT2D eigenvalue weighted by atomic mass is 10.0. The van der Waals surface area contributed by atoms with Crippen LogP contribution in [0.1, 0.15) is 16.7 Å². The molecule has 5 nitrogen and oxygen atoms in total. The molecule has 47 heavy (non-hydrogen) atoms. The summed E-state index contributed by atoms with van der Waals surface area (Å²) in [4.78, 5) is 13.9. The molecule has 0 aliphatic carbocycles. The van der Waals surface area contributed by atoms with Crippen LogP contribution in [0.15, 0.2) is 106 Å². The second kappa shape index (κ2) is 14.0. The van der Waals surface area contributed by atoms with E-state index in [1.54, 1.807) is 30.3 Å². The minimum atomic E-state index is -0.587. The lowest BCUT2D eigenvalue weighted by Gasteiger charge is -2.14. The molecular formula is C36H22Cl3F3O5. The molecule has 0 fully saturated rings. The molecule has 0 radical (unpaired) electrons. The van der Waals surface area contributed by atoms with E-state index in [0.717, 1.165) is 0 Å². The van der Waals surface area contributed by atoms with E-state index in [-0.39, 0.29) is 79.6 Å². The number of hydrogen-bond donors (Lipinski definition) is 0. The highest BCUT2D eigenvalue weighted by Crippen LogP contribution is 2.34. The Balaban J connectivity index is 1.33. The van der Waals surface area contributed by atoms with Crippen LogP contribution >= 0.6 is 34.8 Å². The zero-order valence-corrected chi connectivity index (χ0v) is 26.4. The minimum absolute atomic E-state index is 0.0220. The Morgan fingerprint density at radius 2 is 1.09 bits per heavy atom. The third kappa shape index (κ3) is 7.05. The van der Waals surface area contributed by atoms with Gasteiger partial charge in [-0.3, -0.25) is 4.79 Å². The number of ether oxygens (including phenoxy) is 3. The normalized spacial score (nSPS) is 11.1. The lowest BCUT2D eigenvalue weighted by Crippen LogP contribution is -2.09. The maximum atomic E-state index is 14.6. The summed E-state index contributed by atoms with van der Waals surface area (Å²) in [6.07, 6.45) is 1.29. The van der Waals surface area contributed by atoms with E-state index in [9.17, 15) is 18.0 Å². The van der Waals surface area contributed by atoms with Crippen molar-refractivity contribution in [1.82, 2.24) is 0 Å². The zero-order chi connectivity index (χ0) is 33.1. The number of benzene rings is 5. The Morgan fingerprint density at radius 3 is 1.60 bits per heavy atom. The largest absolute Gasteiger partial charge is 0.489 e. The Kier molecular flexibility index (Phi) is 9.63. The van der Waals surface area contributed by atoms with Gasteiger partial charge >= 0.3 is 0 Å². The van der Waals surface area contributed by atoms with Crippen molar-refractivity contribution in [2.45, 2.75) is 19.8 Å². The molecule has 5 aromatic carbocycles. The van der Waals surface area contributed by atoms with Crippen LogP contribution in [0.25, 0.3) is 22.1 Å². The van der Waals surface area contributed by atoms with Gasteiger partial charge in [-0.25, -0.2) is 13.2 Å². The zero-order valence-electron chi connectivity index (χ0n) is 24.2. The number of fused-ring (bicyclic) bond motifs is 1. The fourth-order valence-electron chi connectivity index (χ4n) is 4.79. The summed E-state index contributed by atoms with van der Waals surface area (Å²) in [6.45, 7) is -0.635. The van der Waals surface area contributed by atoms with E-state index in [1.165, 1.54) is 66.9 Å². The Bertz CT molecular complexity index is 2090. The van der Waals surface area contributed by atoms with Crippen molar-refractivity contribution in [2.75, 3.05) is 0 Å². The average Bonchev–Trinajstić information content (AvgIpc) is 3.04. The molecule has 0 aliphatic heterocycles. The summed E-state index contributed by atoms with van der Waals surface area (Å²) < 4.78 is 66.5. The standard InChI is InChI=1S/C36H22Cl3F3O5/c37-27-4-1-7-30(40)24(27)17-44-21-12-10-20(11-13-21)23-16-46-33-14-22(45-18-25-28(38)5-2-8-31(25)41)15-34(35(33)36(23)43)47-19-26-29(39)6-3-9-32(26)42/h1-16H,17-19H2. The van der Waals surface area contributed by atoms with Gasteiger partial charge in [0.25, 0.3) is 0 Å². The van der Waals surface area contributed by atoms with Gasteiger partial charge in [0.05, 0.1) is 20.6 Å². The summed E-state index contributed by atoms with van der Waals surface area (Å²) >= 11 is 18.4. The van der Waals surface area contributed by atoms with Crippen LogP contribution in [-0.2, 0) is 19.8 Å². The minimum Gasteiger partial charge on any atom is -0.489 e. The van der Waals surface area contributed by atoms with Crippen molar-refractivity contribution in [3.63, 3.8) is 0 Å². The summed E-state index contributed by atoms with van der Waals surface area (Å²) in [7, 11) is 0. The summed E-state index contributed by atoms with van der Waals surface area (Å²) in [6, 6.07) is 22.3. The van der Waals surface area contributed by atoms with E-state index in [0.29, 0.717) is 11.3 Å². The van der Waals surface area contributed by atoms with Gasteiger partial charge in [0.1, 0.15) is 71.8 Å². The van der Waals surface area contributed by atoms with Crippen LogP contribution in [0.4, 0.5) is 13.2 Å². The third-order valence-corrected chi connectivity index (χ3v) is 8.37. The van der Waals surface area contributed by atoms with Crippen molar-refractivity contribution in [3.8, 4) is 28.4 Å². The van der Waals surface area contributed by atoms with Crippen LogP contribution in [0.3, 0.4) is 0 Å². The van der Waals surface area contributed by atoms with Gasteiger partial charge in [0.2, 0.25) is 5.43 Å². The summed E-state index contributed by atoms with van der Waals surface area (Å²) in [5.74, 6) is -1.00. The highest BCUT2D eigenvalue weighted by molar-refractivity contribution is 6.32. The molecule has 1 heterocycles. The Morgan fingerprint density at radius 1 is 0.596 bits per heavy atom. The van der Waals surface area contributed by atoms with Crippen molar-refractivity contribution < 1.29 is 31.8 Å². The van der Waals surface area contributed by atoms with Crippen LogP contribution in [0.5, 0.6) is 17.2 Å². The first-order valence-corrected chi connectivity index (χ1v) is 15.2. The van der Waals surface area contributed by atoms with Gasteiger partial charge in [0, 0.05) is 28.8 Å². The Labute approximate surface area is 281 Å². The maximum absolute atomic E-state index is 14.6. The third-order valence-electron chi connectivity index (χ3n) is 7.30. The molecule has 0 atom stereocenters. The number of rotatable bonds is 10. The van der Waals surface area contributed by atoms with Crippen molar-refractivity contribution in [2.24, 2.45) is 0 Å². The van der Waals surface area contributed by atoms with Crippen LogP contribution in [0, 0.1) is 17.5 Å². The Hall–Kier alpha value is -4.63. The van der Waals surface area contributed by atoms with Crippen LogP contribution < -0.4 is 19.6 Å². The van der Waals surface area contributed by atoms with Crippen LogP contribution in [0.2, 0.25) is 15.1 Å². The molecule has 0 aliphatic rings. The smallest absolute Gasteiger partial charge is 0.204 e. The quantitative estimate of drug-likeness (QED) is 0.143. The van der Waals surface area contributed by atoms with E-state index >= 15 is 0 Å². The maximum Gasteiger partial charge on any atom is 0.204 e. The molecule has 1 aromatic heterocycles. The summed E-state index contributed by atoms with van der Waals surface area (Å²) in [5, 5.41) is 0.624. The monoisotopic (exact) mass is 696 g/mol. The molecule has 0 unspecified atom stereocenters. The predicted octanol–water partition coefficient (Wildman–Crippen LogP) is 10.6. The molecule has 0 saturated carbocycles. The molecule has 6 rings (SSSR count). The molecular weight excluding hydrogens is 676 g/mol. The summed E-state index contributed by atoms with van der Waals surface area (Å²) in [5.41, 5.74) is 0.786. The molecule has 0 amide bonds. The highest BCUT2D eigenvalue weighted by atomic mass is 35.5. The van der Waals surface area contributed by atoms with Gasteiger partial charge in [-0.05, 0) is 54.1 Å². The molecule has 0 bridgehead atoms. The van der Waals surface area contributed by atoms with Crippen molar-refractivity contribution in [1.29, 1.82) is 0 Å². The molecule has 238 valence electrons. The fraction of sp³-hybridized carbons (Fsp3) is 0.0833. The first kappa shape index (κ1) is 32.3. The number of halogens is 6. The first-order valence-electron chi connectivity index (χ1n) is 14.1. The molecule has 0 spiro atoms. The first-order chi connectivity index (χ1) is 22.7. The van der Waals surface area contributed by atoms with Gasteiger partial charge in [-0.1, -0.05) is 65.1 Å². The van der Waals surface area contributed by atoms with Crippen molar-refractivity contribution in [3.05, 3.63) is 157 Å². The molecule has 11 heteroatoms. The second-order valence-corrected chi connectivity index (χ2v) is 11.5. The van der Waals surface area contributed by atoms with Gasteiger partial charge in [-0.15, -0.1) is 0 Å². The van der Waals surface area contributed by atoms with Gasteiger partial charge < -0.3 is 18.6 Å². The molecule has 0 saturated heterocycles. The second-order valence-electron chi connectivity index (χ2n) is 10.3. The topological polar surface area (TPSA) is 57.9 Å². The SMILES string of the molecule is O=c1c(-c2ccc(OCc3c(F)cccc3Cl)cc2)coc2cc(OCc3c(F)cccc3Cl)cc(OCc3c(F)cccc3Cl)c12. The van der Waals surface area contributed by atoms with E-state index in [1.807, 2.05) is 0 Å². The average molecular weight is 698 g/mol. The van der Waals surface area contributed by atoms with Crippen LogP contribution in [-0.4, -0.2) is 0 Å². The van der Waals surface area contributed by atoms with Crippen molar-refractivity contribution >= 4 is 45.8 Å². The predicted molar refractivity (Wildman–Crippen MR) is 175 cm³/mol. The van der Waals surface area contributed by atoms with Gasteiger partial charge in [-0.2, -0.15) is 0 Å². The fourth-order valence-corrected chi connectivity index (χ4v) is 5.44. The molecule has 6 aromatic rings. The van der Waals surface area contributed by atoms with E-state index in [2.05, 4.69) is 0 Å². The van der Waals surface area contributed by atoms with E-state index in [4.69, 9.17) is 53.4 Å². The molecule has 0 N–H and O–H groups in total. The number of hydrogen-bond acceptors (Lipinski definition) is 5. The highest BCUT2D eigenvalue weighted by Gasteiger charge is 2.19. The lowest BCUT2D eigenvalue weighted by molar-refractivity contribution is 0.286.